The van der Waals surface area contributed by atoms with Crippen LogP contribution in [0.15, 0.2) is 6.20 Å². The van der Waals surface area contributed by atoms with Gasteiger partial charge in [-0.05, 0) is 33.4 Å². The van der Waals surface area contributed by atoms with E-state index < -0.39 is 0 Å². The van der Waals surface area contributed by atoms with Crippen molar-refractivity contribution in [2.75, 3.05) is 32.5 Å². The predicted octanol–water partition coefficient (Wildman–Crippen LogP) is 1.30. The van der Waals surface area contributed by atoms with Crippen LogP contribution >= 0.6 is 0 Å². The number of anilines is 1. The molecule has 1 amide bonds. The first-order valence-electron chi connectivity index (χ1n) is 7.87. The van der Waals surface area contributed by atoms with Gasteiger partial charge >= 0.3 is 0 Å². The van der Waals surface area contributed by atoms with E-state index in [1.807, 2.05) is 10.8 Å². The first-order chi connectivity index (χ1) is 10.1. The molecule has 116 valence electrons. The van der Waals surface area contributed by atoms with Crippen LogP contribution in [0.3, 0.4) is 0 Å². The highest BCUT2D eigenvalue weighted by atomic mass is 16.1. The summed E-state index contributed by atoms with van der Waals surface area (Å²) in [7, 11) is 4.22. The molecule has 6 heteroatoms. The zero-order valence-corrected chi connectivity index (χ0v) is 13.0. The second-order valence-corrected chi connectivity index (χ2v) is 6.43. The van der Waals surface area contributed by atoms with Gasteiger partial charge in [0.15, 0.2) is 0 Å². The fourth-order valence-electron chi connectivity index (χ4n) is 3.44. The summed E-state index contributed by atoms with van der Waals surface area (Å²) in [4.78, 5) is 19.0. The minimum atomic E-state index is -0.0631. The average Bonchev–Trinajstić information content (AvgIpc) is 3.12. The van der Waals surface area contributed by atoms with Crippen LogP contribution < -0.4 is 10.6 Å². The molecule has 1 aromatic rings. The minimum absolute atomic E-state index is 0.0631. The van der Waals surface area contributed by atoms with Crippen molar-refractivity contribution in [1.29, 1.82) is 0 Å². The minimum Gasteiger partial charge on any atom is -0.356 e. The highest BCUT2D eigenvalue weighted by Gasteiger charge is 2.36. The summed E-state index contributed by atoms with van der Waals surface area (Å²) in [6.45, 7) is 2.57. The molecule has 2 aliphatic rings. The molecule has 1 aliphatic carbocycles. The number of carbonyl (C=O) groups excluding carboxylic acids is 1. The maximum Gasteiger partial charge on any atom is 0.271 e. The Kier molecular flexibility index (Phi) is 3.89. The lowest BCUT2D eigenvalue weighted by Crippen LogP contribution is -2.50. The van der Waals surface area contributed by atoms with Crippen molar-refractivity contribution in [3.8, 4) is 0 Å². The molecule has 0 bridgehead atoms. The number of hydrogen-bond donors (Lipinski definition) is 2. The normalized spacial score (nSPS) is 20.1. The van der Waals surface area contributed by atoms with Crippen molar-refractivity contribution in [2.24, 2.45) is 0 Å². The number of nitrogens with zero attached hydrogens (tertiary/aromatic N) is 3. The fourth-order valence-corrected chi connectivity index (χ4v) is 3.44. The van der Waals surface area contributed by atoms with Crippen LogP contribution in [0.5, 0.6) is 0 Å². The third kappa shape index (κ3) is 2.77. The van der Waals surface area contributed by atoms with Crippen LogP contribution in [-0.2, 0) is 6.54 Å². The standard InChI is InChI=1S/C15H25N5O/c1-19(2)15(6-3-4-7-15)11-17-13(21)12-10-20-9-5-8-16-14(20)18-12/h10H,3-9,11H2,1-2H3,(H,16,18)(H,17,21). The molecular formula is C15H25N5O. The lowest BCUT2D eigenvalue weighted by molar-refractivity contribution is 0.0895. The molecule has 6 nitrogen and oxygen atoms in total. The van der Waals surface area contributed by atoms with E-state index in [1.165, 1.54) is 12.8 Å². The highest BCUT2D eigenvalue weighted by molar-refractivity contribution is 5.92. The third-order valence-electron chi connectivity index (χ3n) is 4.93. The molecule has 1 aliphatic heterocycles. The van der Waals surface area contributed by atoms with Crippen molar-refractivity contribution >= 4 is 11.9 Å². The van der Waals surface area contributed by atoms with Crippen LogP contribution in [0.1, 0.15) is 42.6 Å². The number of hydrogen-bond acceptors (Lipinski definition) is 4. The quantitative estimate of drug-likeness (QED) is 0.878. The van der Waals surface area contributed by atoms with Crippen LogP contribution in [0.4, 0.5) is 5.95 Å². The average molecular weight is 291 g/mol. The van der Waals surface area contributed by atoms with Gasteiger partial charge in [-0.15, -0.1) is 0 Å². The van der Waals surface area contributed by atoms with Crippen LogP contribution in [-0.4, -0.2) is 53.1 Å². The number of aromatic nitrogens is 2. The zero-order valence-electron chi connectivity index (χ0n) is 13.0. The summed E-state index contributed by atoms with van der Waals surface area (Å²) in [6, 6.07) is 0. The van der Waals surface area contributed by atoms with Gasteiger partial charge < -0.3 is 20.1 Å². The largest absolute Gasteiger partial charge is 0.356 e. The first kappa shape index (κ1) is 14.4. The van der Waals surface area contributed by atoms with Crippen molar-refractivity contribution in [3.05, 3.63) is 11.9 Å². The molecule has 0 aromatic carbocycles. The third-order valence-corrected chi connectivity index (χ3v) is 4.93. The summed E-state index contributed by atoms with van der Waals surface area (Å²) in [6.07, 6.45) is 7.73. The maximum absolute atomic E-state index is 12.4. The number of aryl methyl sites for hydroxylation is 1. The summed E-state index contributed by atoms with van der Waals surface area (Å²) in [5.74, 6) is 0.751. The Morgan fingerprint density at radius 3 is 2.86 bits per heavy atom. The van der Waals surface area contributed by atoms with Gasteiger partial charge in [-0.25, -0.2) is 4.98 Å². The maximum atomic E-state index is 12.4. The summed E-state index contributed by atoms with van der Waals surface area (Å²) < 4.78 is 2.02. The monoisotopic (exact) mass is 291 g/mol. The molecule has 0 unspecified atom stereocenters. The Hall–Kier alpha value is -1.56. The van der Waals surface area contributed by atoms with E-state index >= 15 is 0 Å². The lowest BCUT2D eigenvalue weighted by atomic mass is 9.96. The molecule has 0 spiro atoms. The van der Waals surface area contributed by atoms with Crippen LogP contribution in [0.2, 0.25) is 0 Å². The van der Waals surface area contributed by atoms with E-state index in [0.29, 0.717) is 12.2 Å². The number of carbonyl (C=O) groups is 1. The van der Waals surface area contributed by atoms with Gasteiger partial charge in [-0.1, -0.05) is 12.8 Å². The lowest BCUT2D eigenvalue weighted by Gasteiger charge is -2.36. The first-order valence-corrected chi connectivity index (χ1v) is 7.87. The molecule has 0 saturated heterocycles. The molecule has 0 radical (unpaired) electrons. The van der Waals surface area contributed by atoms with Gasteiger partial charge in [0.1, 0.15) is 5.69 Å². The smallest absolute Gasteiger partial charge is 0.271 e. The highest BCUT2D eigenvalue weighted by Crippen LogP contribution is 2.33. The summed E-state index contributed by atoms with van der Waals surface area (Å²) in [5.41, 5.74) is 0.638. The molecule has 1 saturated carbocycles. The molecule has 2 N–H and O–H groups in total. The van der Waals surface area contributed by atoms with Crippen LogP contribution in [0, 0.1) is 0 Å². The van der Waals surface area contributed by atoms with E-state index in [2.05, 4.69) is 34.6 Å². The van der Waals surface area contributed by atoms with Gasteiger partial charge in [0, 0.05) is 31.4 Å². The summed E-state index contributed by atoms with van der Waals surface area (Å²) in [5, 5.41) is 6.31. The second-order valence-electron chi connectivity index (χ2n) is 6.43. The van der Waals surface area contributed by atoms with Crippen molar-refractivity contribution in [3.63, 3.8) is 0 Å². The Morgan fingerprint density at radius 2 is 2.19 bits per heavy atom. The van der Waals surface area contributed by atoms with E-state index in [1.54, 1.807) is 0 Å². The van der Waals surface area contributed by atoms with Gasteiger partial charge in [0.25, 0.3) is 5.91 Å². The topological polar surface area (TPSA) is 62.2 Å². The van der Waals surface area contributed by atoms with Crippen LogP contribution in [0.25, 0.3) is 0 Å². The molecular weight excluding hydrogens is 266 g/mol. The molecule has 3 rings (SSSR count). The van der Waals surface area contributed by atoms with E-state index in [0.717, 1.165) is 38.3 Å². The molecule has 1 aromatic heterocycles. The predicted molar refractivity (Wildman–Crippen MR) is 82.6 cm³/mol. The van der Waals surface area contributed by atoms with E-state index in [-0.39, 0.29) is 11.4 Å². The second kappa shape index (κ2) is 5.67. The Bertz CT molecular complexity index is 493. The van der Waals surface area contributed by atoms with Gasteiger partial charge in [-0.3, -0.25) is 4.79 Å². The SMILES string of the molecule is CN(C)C1(CNC(=O)c2cn3c(n2)NCCC3)CCCC1. The Balaban J connectivity index is 1.65. The van der Waals surface area contributed by atoms with Crippen molar-refractivity contribution in [2.45, 2.75) is 44.2 Å². The van der Waals surface area contributed by atoms with Gasteiger partial charge in [0.05, 0.1) is 0 Å². The number of imidazole rings is 1. The fraction of sp³-hybridized carbons (Fsp3) is 0.733. The summed E-state index contributed by atoms with van der Waals surface area (Å²) >= 11 is 0. The molecule has 0 atom stereocenters. The number of amides is 1. The Morgan fingerprint density at radius 1 is 1.43 bits per heavy atom. The molecule has 1 fully saturated rings. The van der Waals surface area contributed by atoms with Gasteiger partial charge in [-0.2, -0.15) is 0 Å². The number of rotatable bonds is 4. The van der Waals surface area contributed by atoms with E-state index in [9.17, 15) is 4.79 Å². The zero-order chi connectivity index (χ0) is 14.9. The molecule has 21 heavy (non-hydrogen) atoms. The van der Waals surface area contributed by atoms with Crippen molar-refractivity contribution in [1.82, 2.24) is 19.8 Å². The van der Waals surface area contributed by atoms with Crippen molar-refractivity contribution < 1.29 is 4.79 Å². The number of likely N-dealkylation sites (N-methyl/N-ethyl adjacent to an activating group) is 1. The molecule has 2 heterocycles. The number of fused-ring (bicyclic) bond motifs is 1. The Labute approximate surface area is 125 Å². The van der Waals surface area contributed by atoms with Gasteiger partial charge in [0.2, 0.25) is 5.95 Å². The van der Waals surface area contributed by atoms with E-state index in [4.69, 9.17) is 0 Å². The number of nitrogens with one attached hydrogen (secondary N) is 2.